The number of carboxylic acid groups (broad SMARTS) is 1. The molecule has 0 heterocycles. The van der Waals surface area contributed by atoms with Gasteiger partial charge in [-0.15, -0.1) is 0 Å². The maximum absolute atomic E-state index is 13.2. The molecule has 2 aromatic carbocycles. The zero-order valence-electron chi connectivity index (χ0n) is 10.7. The van der Waals surface area contributed by atoms with Crippen LogP contribution in [0.4, 0.5) is 10.1 Å². The summed E-state index contributed by atoms with van der Waals surface area (Å²) in [6.45, 7) is 1.95. The molecule has 0 saturated carbocycles. The van der Waals surface area contributed by atoms with Gasteiger partial charge in [0.25, 0.3) is 0 Å². The summed E-state index contributed by atoms with van der Waals surface area (Å²) in [5, 5.41) is 12.3. The number of carboxylic acids is 1. The summed E-state index contributed by atoms with van der Waals surface area (Å²) in [7, 11) is 0. The topological polar surface area (TPSA) is 49.3 Å². The van der Waals surface area contributed by atoms with Gasteiger partial charge in [-0.25, -0.2) is 9.18 Å². The summed E-state index contributed by atoms with van der Waals surface area (Å²) in [5.74, 6) is -1.45. The molecule has 0 bridgehead atoms. The van der Waals surface area contributed by atoms with E-state index in [2.05, 4.69) is 21.2 Å². The molecule has 0 aliphatic carbocycles. The van der Waals surface area contributed by atoms with Crippen LogP contribution >= 0.6 is 15.9 Å². The van der Waals surface area contributed by atoms with Crippen LogP contribution in [0.3, 0.4) is 0 Å². The number of aliphatic carboxylic acids is 1. The van der Waals surface area contributed by atoms with Gasteiger partial charge in [-0.3, -0.25) is 0 Å². The van der Waals surface area contributed by atoms with Crippen LogP contribution < -0.4 is 5.32 Å². The molecule has 104 valence electrons. The Kier molecular flexibility index (Phi) is 4.39. The maximum atomic E-state index is 13.2. The summed E-state index contributed by atoms with van der Waals surface area (Å²) in [5.41, 5.74) is 2.27. The van der Waals surface area contributed by atoms with Gasteiger partial charge in [0, 0.05) is 5.69 Å². The third-order valence-corrected chi connectivity index (χ3v) is 3.49. The van der Waals surface area contributed by atoms with Crippen molar-refractivity contribution in [3.05, 3.63) is 63.9 Å². The molecule has 3 nitrogen and oxygen atoms in total. The molecule has 0 aromatic heterocycles. The molecule has 0 amide bonds. The molecule has 5 heteroatoms. The average molecular weight is 338 g/mol. The predicted octanol–water partition coefficient (Wildman–Crippen LogP) is 4.13. The van der Waals surface area contributed by atoms with Gasteiger partial charge in [-0.05, 0) is 52.7 Å². The first-order chi connectivity index (χ1) is 9.47. The highest BCUT2D eigenvalue weighted by Crippen LogP contribution is 2.25. The lowest BCUT2D eigenvalue weighted by Gasteiger charge is -2.16. The number of hydrogen-bond acceptors (Lipinski definition) is 2. The maximum Gasteiger partial charge on any atom is 0.330 e. The van der Waals surface area contributed by atoms with Gasteiger partial charge in [0.2, 0.25) is 0 Å². The lowest BCUT2D eigenvalue weighted by molar-refractivity contribution is -0.138. The SMILES string of the molecule is Cc1ccc(NC(C(=O)O)c2ccc(F)c(Br)c2)cc1. The van der Waals surface area contributed by atoms with E-state index in [1.807, 2.05) is 31.2 Å². The third kappa shape index (κ3) is 3.36. The number of anilines is 1. The van der Waals surface area contributed by atoms with Gasteiger partial charge in [-0.1, -0.05) is 23.8 Å². The number of benzene rings is 2. The lowest BCUT2D eigenvalue weighted by atomic mass is 10.1. The first kappa shape index (κ1) is 14.5. The highest BCUT2D eigenvalue weighted by molar-refractivity contribution is 9.10. The first-order valence-corrected chi connectivity index (χ1v) is 6.77. The third-order valence-electron chi connectivity index (χ3n) is 2.89. The van der Waals surface area contributed by atoms with Gasteiger partial charge >= 0.3 is 5.97 Å². The van der Waals surface area contributed by atoms with Gasteiger partial charge in [0.15, 0.2) is 6.04 Å². The zero-order chi connectivity index (χ0) is 14.7. The van der Waals surface area contributed by atoms with Crippen molar-refractivity contribution in [1.29, 1.82) is 0 Å². The molecule has 0 aliphatic rings. The minimum atomic E-state index is -1.02. The molecule has 0 radical (unpaired) electrons. The molecule has 2 rings (SSSR count). The number of nitrogens with one attached hydrogen (secondary N) is 1. The van der Waals surface area contributed by atoms with E-state index >= 15 is 0 Å². The summed E-state index contributed by atoms with van der Waals surface area (Å²) in [6.07, 6.45) is 0. The van der Waals surface area contributed by atoms with E-state index in [-0.39, 0.29) is 4.47 Å². The number of carbonyl (C=O) groups is 1. The minimum Gasteiger partial charge on any atom is -0.479 e. The Morgan fingerprint density at radius 1 is 1.25 bits per heavy atom. The summed E-state index contributed by atoms with van der Waals surface area (Å²) in [6, 6.07) is 10.6. The second kappa shape index (κ2) is 6.05. The standard InChI is InChI=1S/C15H13BrFNO2/c1-9-2-5-11(6-3-9)18-14(15(19)20)10-4-7-13(17)12(16)8-10/h2-8,14,18H,1H3,(H,19,20). The number of hydrogen-bond donors (Lipinski definition) is 2. The average Bonchev–Trinajstić information content (AvgIpc) is 2.41. The molecular weight excluding hydrogens is 325 g/mol. The van der Waals surface area contributed by atoms with Crippen molar-refractivity contribution in [3.8, 4) is 0 Å². The van der Waals surface area contributed by atoms with Crippen molar-refractivity contribution >= 4 is 27.6 Å². The highest BCUT2D eigenvalue weighted by atomic mass is 79.9. The molecule has 20 heavy (non-hydrogen) atoms. The van der Waals surface area contributed by atoms with E-state index < -0.39 is 17.8 Å². The molecule has 1 atom stereocenters. The summed E-state index contributed by atoms with van der Waals surface area (Å²) >= 11 is 3.06. The van der Waals surface area contributed by atoms with Crippen molar-refractivity contribution in [2.75, 3.05) is 5.32 Å². The normalized spacial score (nSPS) is 11.9. The summed E-state index contributed by atoms with van der Waals surface area (Å²) in [4.78, 5) is 11.4. The van der Waals surface area contributed by atoms with Crippen molar-refractivity contribution in [2.24, 2.45) is 0 Å². The van der Waals surface area contributed by atoms with Gasteiger partial charge < -0.3 is 10.4 Å². The second-order valence-electron chi connectivity index (χ2n) is 4.46. The molecular formula is C15H13BrFNO2. The van der Waals surface area contributed by atoms with E-state index in [0.29, 0.717) is 11.3 Å². The largest absolute Gasteiger partial charge is 0.479 e. The van der Waals surface area contributed by atoms with E-state index in [4.69, 9.17) is 0 Å². The molecule has 0 spiro atoms. The highest BCUT2D eigenvalue weighted by Gasteiger charge is 2.20. The first-order valence-electron chi connectivity index (χ1n) is 5.98. The van der Waals surface area contributed by atoms with Gasteiger partial charge in [0.05, 0.1) is 4.47 Å². The summed E-state index contributed by atoms with van der Waals surface area (Å²) < 4.78 is 13.5. The Labute approximate surface area is 124 Å². The van der Waals surface area contributed by atoms with Crippen LogP contribution in [-0.4, -0.2) is 11.1 Å². The van der Waals surface area contributed by atoms with Crippen LogP contribution in [0.5, 0.6) is 0 Å². The Balaban J connectivity index is 2.29. The van der Waals surface area contributed by atoms with Crippen molar-refractivity contribution in [3.63, 3.8) is 0 Å². The fourth-order valence-electron chi connectivity index (χ4n) is 1.80. The van der Waals surface area contributed by atoms with Crippen LogP contribution in [0.2, 0.25) is 0 Å². The molecule has 1 unspecified atom stereocenters. The van der Waals surface area contributed by atoms with E-state index in [1.54, 1.807) is 0 Å². The van der Waals surface area contributed by atoms with Crippen LogP contribution in [0.15, 0.2) is 46.9 Å². The zero-order valence-corrected chi connectivity index (χ0v) is 12.3. The Hall–Kier alpha value is -1.88. The molecule has 0 saturated heterocycles. The smallest absolute Gasteiger partial charge is 0.330 e. The number of halogens is 2. The van der Waals surface area contributed by atoms with Crippen molar-refractivity contribution in [1.82, 2.24) is 0 Å². The minimum absolute atomic E-state index is 0.243. The fraction of sp³-hybridized carbons (Fsp3) is 0.133. The Morgan fingerprint density at radius 3 is 2.45 bits per heavy atom. The molecule has 2 aromatic rings. The van der Waals surface area contributed by atoms with Gasteiger partial charge in [0.1, 0.15) is 5.82 Å². The van der Waals surface area contributed by atoms with E-state index in [9.17, 15) is 14.3 Å². The van der Waals surface area contributed by atoms with Crippen molar-refractivity contribution < 1.29 is 14.3 Å². The lowest BCUT2D eigenvalue weighted by Crippen LogP contribution is -2.20. The van der Waals surface area contributed by atoms with E-state index in [0.717, 1.165) is 5.56 Å². The van der Waals surface area contributed by atoms with Crippen LogP contribution in [0.25, 0.3) is 0 Å². The molecule has 2 N–H and O–H groups in total. The Morgan fingerprint density at radius 2 is 1.90 bits per heavy atom. The van der Waals surface area contributed by atoms with Crippen molar-refractivity contribution in [2.45, 2.75) is 13.0 Å². The fourth-order valence-corrected chi connectivity index (χ4v) is 2.19. The monoisotopic (exact) mass is 337 g/mol. The second-order valence-corrected chi connectivity index (χ2v) is 5.31. The number of rotatable bonds is 4. The van der Waals surface area contributed by atoms with Crippen LogP contribution in [0.1, 0.15) is 17.2 Å². The molecule has 0 fully saturated rings. The number of aryl methyl sites for hydroxylation is 1. The quantitative estimate of drug-likeness (QED) is 0.881. The van der Waals surface area contributed by atoms with Crippen LogP contribution in [-0.2, 0) is 4.79 Å². The predicted molar refractivity (Wildman–Crippen MR) is 79.3 cm³/mol. The van der Waals surface area contributed by atoms with Crippen LogP contribution in [0, 0.1) is 12.7 Å². The Bertz CT molecular complexity index is 628. The van der Waals surface area contributed by atoms with E-state index in [1.165, 1.54) is 18.2 Å². The molecule has 0 aliphatic heterocycles. The van der Waals surface area contributed by atoms with Gasteiger partial charge in [-0.2, -0.15) is 0 Å².